The van der Waals surface area contributed by atoms with Gasteiger partial charge in [-0.25, -0.2) is 0 Å². The molecule has 3 aliphatic carbocycles. The van der Waals surface area contributed by atoms with Crippen molar-refractivity contribution in [3.05, 3.63) is 0 Å². The van der Waals surface area contributed by atoms with Gasteiger partial charge in [0, 0.05) is 37.1 Å². The van der Waals surface area contributed by atoms with Gasteiger partial charge in [-0.15, -0.1) is 24.0 Å². The Morgan fingerprint density at radius 3 is 2.71 bits per heavy atom. The molecular formula is C16H28IN3O. The Bertz CT molecular complexity index is 406. The van der Waals surface area contributed by atoms with Crippen molar-refractivity contribution < 1.29 is 4.74 Å². The third kappa shape index (κ3) is 2.69. The lowest BCUT2D eigenvalue weighted by Crippen LogP contribution is -2.72. The topological polar surface area (TPSA) is 45.7 Å². The van der Waals surface area contributed by atoms with Gasteiger partial charge in [-0.2, -0.15) is 0 Å². The van der Waals surface area contributed by atoms with Crippen LogP contribution in [0, 0.1) is 17.3 Å². The molecule has 0 aromatic carbocycles. The van der Waals surface area contributed by atoms with Crippen LogP contribution in [0.1, 0.15) is 45.4 Å². The van der Waals surface area contributed by atoms with Crippen molar-refractivity contribution in [2.24, 2.45) is 22.2 Å². The van der Waals surface area contributed by atoms with Crippen LogP contribution < -0.4 is 10.6 Å². The summed E-state index contributed by atoms with van der Waals surface area (Å²) in [4.78, 5) is 4.79. The second-order valence-corrected chi connectivity index (χ2v) is 7.12. The number of nitrogens with zero attached hydrogens (tertiary/aromatic N) is 1. The number of halogens is 1. The predicted octanol–water partition coefficient (Wildman–Crippen LogP) is 2.53. The summed E-state index contributed by atoms with van der Waals surface area (Å²) in [5.74, 6) is 2.62. The molecule has 3 atom stereocenters. The highest BCUT2D eigenvalue weighted by atomic mass is 127. The van der Waals surface area contributed by atoms with Crippen LogP contribution in [0.25, 0.3) is 0 Å². The van der Waals surface area contributed by atoms with Gasteiger partial charge < -0.3 is 15.4 Å². The van der Waals surface area contributed by atoms with E-state index in [1.165, 1.54) is 38.5 Å². The van der Waals surface area contributed by atoms with Crippen molar-refractivity contribution in [2.45, 2.75) is 57.6 Å². The summed E-state index contributed by atoms with van der Waals surface area (Å²) in [7, 11) is 0. The molecule has 2 N–H and O–H groups in total. The first-order chi connectivity index (χ1) is 9.83. The molecule has 1 aliphatic heterocycles. The molecule has 120 valence electrons. The molecule has 0 radical (unpaired) electrons. The van der Waals surface area contributed by atoms with Crippen LogP contribution >= 0.6 is 24.0 Å². The van der Waals surface area contributed by atoms with Gasteiger partial charge in [0.05, 0.1) is 6.10 Å². The maximum Gasteiger partial charge on any atom is 0.191 e. The highest BCUT2D eigenvalue weighted by Gasteiger charge is 2.66. The second kappa shape index (κ2) is 6.22. The minimum absolute atomic E-state index is 0. The predicted molar refractivity (Wildman–Crippen MR) is 95.2 cm³/mol. The summed E-state index contributed by atoms with van der Waals surface area (Å²) in [6.45, 7) is 5.06. The van der Waals surface area contributed by atoms with Crippen LogP contribution in [-0.2, 0) is 4.74 Å². The number of aliphatic imine (C=N–C) groups is 1. The Kier molecular flexibility index (Phi) is 4.69. The van der Waals surface area contributed by atoms with Gasteiger partial charge in [0.15, 0.2) is 5.96 Å². The Morgan fingerprint density at radius 2 is 2.10 bits per heavy atom. The molecule has 0 aromatic heterocycles. The number of hydrogen-bond donors (Lipinski definition) is 2. The standard InChI is InChI=1S/C16H27N3O.HI/c1-2-17-15(18-10-11-4-5-11)19-13-12-6-9-20-14(12)16(13)7-3-8-16;/h11-14H,2-10H2,1H3,(H2,17,18,19);1H. The Balaban J connectivity index is 0.00000132. The summed E-state index contributed by atoms with van der Waals surface area (Å²) in [5.41, 5.74) is 0.441. The second-order valence-electron chi connectivity index (χ2n) is 7.12. The van der Waals surface area contributed by atoms with E-state index in [2.05, 4.69) is 17.6 Å². The minimum Gasteiger partial charge on any atom is -0.377 e. The van der Waals surface area contributed by atoms with Crippen LogP contribution in [-0.4, -0.2) is 37.8 Å². The van der Waals surface area contributed by atoms with Crippen molar-refractivity contribution in [3.63, 3.8) is 0 Å². The molecule has 1 heterocycles. The summed E-state index contributed by atoms with van der Waals surface area (Å²) < 4.78 is 5.99. The van der Waals surface area contributed by atoms with E-state index in [9.17, 15) is 0 Å². The normalized spacial score (nSPS) is 36.2. The average molecular weight is 405 g/mol. The zero-order chi connectivity index (χ0) is 13.6. The van der Waals surface area contributed by atoms with Gasteiger partial charge in [0.25, 0.3) is 0 Å². The van der Waals surface area contributed by atoms with E-state index in [-0.39, 0.29) is 24.0 Å². The van der Waals surface area contributed by atoms with E-state index in [1.54, 1.807) is 0 Å². The third-order valence-corrected chi connectivity index (χ3v) is 5.88. The smallest absolute Gasteiger partial charge is 0.191 e. The van der Waals surface area contributed by atoms with Crippen LogP contribution in [0.15, 0.2) is 4.99 Å². The van der Waals surface area contributed by atoms with Crippen LogP contribution in [0.2, 0.25) is 0 Å². The first-order valence-corrected chi connectivity index (χ1v) is 8.50. The lowest BCUT2D eigenvalue weighted by Gasteiger charge is -2.63. The number of rotatable bonds is 4. The molecule has 1 spiro atoms. The van der Waals surface area contributed by atoms with Crippen LogP contribution in [0.5, 0.6) is 0 Å². The van der Waals surface area contributed by atoms with E-state index in [0.29, 0.717) is 17.6 Å². The maximum absolute atomic E-state index is 5.99. The van der Waals surface area contributed by atoms with Gasteiger partial charge in [0.1, 0.15) is 0 Å². The van der Waals surface area contributed by atoms with Crippen molar-refractivity contribution in [1.29, 1.82) is 0 Å². The molecule has 4 nitrogen and oxygen atoms in total. The molecule has 0 bridgehead atoms. The minimum atomic E-state index is 0. The van der Waals surface area contributed by atoms with Gasteiger partial charge >= 0.3 is 0 Å². The molecule has 21 heavy (non-hydrogen) atoms. The first-order valence-electron chi connectivity index (χ1n) is 8.50. The maximum atomic E-state index is 5.99. The number of fused-ring (bicyclic) bond motifs is 2. The van der Waals surface area contributed by atoms with Gasteiger partial charge in [-0.05, 0) is 44.9 Å². The Labute approximate surface area is 144 Å². The zero-order valence-electron chi connectivity index (χ0n) is 12.9. The van der Waals surface area contributed by atoms with Crippen molar-refractivity contribution >= 4 is 29.9 Å². The Morgan fingerprint density at radius 1 is 1.29 bits per heavy atom. The summed E-state index contributed by atoms with van der Waals surface area (Å²) in [5, 5.41) is 7.19. The Hall–Kier alpha value is -0.0400. The molecule has 0 aromatic rings. The molecule has 4 fully saturated rings. The van der Waals surface area contributed by atoms with Crippen molar-refractivity contribution in [2.75, 3.05) is 19.7 Å². The fourth-order valence-corrected chi connectivity index (χ4v) is 4.44. The zero-order valence-corrected chi connectivity index (χ0v) is 15.3. The number of hydrogen-bond acceptors (Lipinski definition) is 2. The summed E-state index contributed by atoms with van der Waals surface area (Å²) in [6.07, 6.45) is 8.57. The quantitative estimate of drug-likeness (QED) is 0.429. The van der Waals surface area contributed by atoms with Gasteiger partial charge in [-0.1, -0.05) is 6.42 Å². The van der Waals surface area contributed by atoms with Crippen molar-refractivity contribution in [3.8, 4) is 0 Å². The van der Waals surface area contributed by atoms with E-state index in [4.69, 9.17) is 9.73 Å². The van der Waals surface area contributed by atoms with Crippen LogP contribution in [0.4, 0.5) is 0 Å². The van der Waals surface area contributed by atoms with E-state index >= 15 is 0 Å². The summed E-state index contributed by atoms with van der Waals surface area (Å²) in [6, 6.07) is 0.598. The molecule has 3 unspecified atom stereocenters. The monoisotopic (exact) mass is 405 g/mol. The fraction of sp³-hybridized carbons (Fsp3) is 0.938. The SMILES string of the molecule is CCNC(=NCC1CC1)NC1C2CCOC2C12CCC2.I. The number of guanidine groups is 1. The number of ether oxygens (including phenoxy) is 1. The largest absolute Gasteiger partial charge is 0.377 e. The van der Waals surface area contributed by atoms with Crippen molar-refractivity contribution in [1.82, 2.24) is 10.6 Å². The summed E-state index contributed by atoms with van der Waals surface area (Å²) >= 11 is 0. The lowest BCUT2D eigenvalue weighted by molar-refractivity contribution is -0.171. The van der Waals surface area contributed by atoms with E-state index in [1.807, 2.05) is 0 Å². The molecular weight excluding hydrogens is 377 g/mol. The third-order valence-electron chi connectivity index (χ3n) is 5.88. The molecule has 3 saturated carbocycles. The highest BCUT2D eigenvalue weighted by molar-refractivity contribution is 14.0. The fourth-order valence-electron chi connectivity index (χ4n) is 4.44. The molecule has 5 heteroatoms. The average Bonchev–Trinajstić information content (AvgIpc) is 3.11. The van der Waals surface area contributed by atoms with E-state index in [0.717, 1.165) is 37.5 Å². The number of nitrogens with one attached hydrogen (secondary N) is 2. The van der Waals surface area contributed by atoms with E-state index < -0.39 is 0 Å². The highest BCUT2D eigenvalue weighted by Crippen LogP contribution is 2.62. The molecule has 4 aliphatic rings. The molecule has 1 saturated heterocycles. The van der Waals surface area contributed by atoms with Gasteiger partial charge in [0.2, 0.25) is 0 Å². The van der Waals surface area contributed by atoms with Gasteiger partial charge in [-0.3, -0.25) is 4.99 Å². The molecule has 0 amide bonds. The first kappa shape index (κ1) is 15.8. The lowest BCUT2D eigenvalue weighted by atomic mass is 9.46. The van der Waals surface area contributed by atoms with Crippen LogP contribution in [0.3, 0.4) is 0 Å². The molecule has 4 rings (SSSR count).